The standard InChI is InChI=1S/C29H31N5O8/c1-17-15-39-12-10-33(17)27-20-5-6-22(30-26(20)31-28(32-27)34-11-13-40-16-18(34)2)19-4-7-23(38-3)21(14-19)29(37)41-24(35)8-9-25(36)42-29/h4-9,14,17-18,37H,10-13,15-16H2,1-3H3/t17-,18-/m0/s1. The molecule has 2 aromatic heterocycles. The van der Waals surface area contributed by atoms with E-state index in [1.807, 2.05) is 12.1 Å². The third-order valence-corrected chi connectivity index (χ3v) is 7.46. The van der Waals surface area contributed by atoms with Gasteiger partial charge in [0, 0.05) is 30.8 Å². The van der Waals surface area contributed by atoms with Gasteiger partial charge in [0.25, 0.3) is 0 Å². The molecule has 13 heteroatoms. The van der Waals surface area contributed by atoms with Crippen molar-refractivity contribution in [1.29, 1.82) is 0 Å². The molecule has 0 saturated carbocycles. The molecule has 2 fully saturated rings. The average molecular weight is 578 g/mol. The first-order valence-electron chi connectivity index (χ1n) is 13.7. The molecule has 2 saturated heterocycles. The number of carbonyl (C=O) groups excluding carboxylic acids is 2. The number of aromatic nitrogens is 3. The molecule has 1 N–H and O–H groups in total. The molecule has 3 aromatic rings. The fourth-order valence-electron chi connectivity index (χ4n) is 5.28. The van der Waals surface area contributed by atoms with Gasteiger partial charge in [-0.1, -0.05) is 0 Å². The Morgan fingerprint density at radius 1 is 0.905 bits per heavy atom. The first kappa shape index (κ1) is 27.8. The summed E-state index contributed by atoms with van der Waals surface area (Å²) in [6.07, 6.45) is 1.75. The van der Waals surface area contributed by atoms with Crippen molar-refractivity contribution in [3.63, 3.8) is 0 Å². The van der Waals surface area contributed by atoms with E-state index in [1.54, 1.807) is 12.1 Å². The monoisotopic (exact) mass is 577 g/mol. The zero-order chi connectivity index (χ0) is 29.4. The third-order valence-electron chi connectivity index (χ3n) is 7.46. The van der Waals surface area contributed by atoms with Gasteiger partial charge in [-0.3, -0.25) is 0 Å². The second-order valence-electron chi connectivity index (χ2n) is 10.3. The molecule has 0 amide bonds. The summed E-state index contributed by atoms with van der Waals surface area (Å²) in [5.41, 5.74) is 1.45. The number of rotatable bonds is 5. The summed E-state index contributed by atoms with van der Waals surface area (Å²) in [5, 5.41) is 11.9. The maximum Gasteiger partial charge on any atom is 0.407 e. The number of cyclic esters (lactones) is 2. The Labute approximate surface area is 241 Å². The lowest BCUT2D eigenvalue weighted by atomic mass is 10.0. The number of pyridine rings is 1. The van der Waals surface area contributed by atoms with Crippen molar-refractivity contribution in [3.05, 3.63) is 48.0 Å². The lowest BCUT2D eigenvalue weighted by Gasteiger charge is -2.37. The Kier molecular flexibility index (Phi) is 7.39. The summed E-state index contributed by atoms with van der Waals surface area (Å²) in [7, 11) is 1.38. The van der Waals surface area contributed by atoms with Crippen LogP contribution in [0.2, 0.25) is 0 Å². The minimum atomic E-state index is -2.71. The normalized spacial score (nSPS) is 22.5. The SMILES string of the molecule is COc1ccc(-c2ccc3c(N4CCOC[C@@H]4C)nc(N4CCOC[C@@H]4C)nc3n2)cc1C1(O)OC(=O)C=CC(=O)O1. The van der Waals surface area contributed by atoms with Crippen LogP contribution in [0.25, 0.3) is 22.3 Å². The number of anilines is 2. The Hall–Kier alpha value is -4.33. The predicted molar refractivity (Wildman–Crippen MR) is 150 cm³/mol. The van der Waals surface area contributed by atoms with E-state index in [9.17, 15) is 14.7 Å². The summed E-state index contributed by atoms with van der Waals surface area (Å²) in [6, 6.07) is 8.71. The number of hydrogen-bond acceptors (Lipinski definition) is 13. The molecule has 1 aromatic carbocycles. The molecule has 2 atom stereocenters. The van der Waals surface area contributed by atoms with Crippen LogP contribution in [0, 0.1) is 0 Å². The molecule has 0 aliphatic carbocycles. The lowest BCUT2D eigenvalue weighted by molar-refractivity contribution is -0.330. The number of carbonyl (C=O) groups is 2. The van der Waals surface area contributed by atoms with E-state index in [0.717, 1.165) is 23.4 Å². The maximum absolute atomic E-state index is 12.1. The van der Waals surface area contributed by atoms with Crippen LogP contribution in [-0.2, 0) is 34.5 Å². The van der Waals surface area contributed by atoms with Crippen LogP contribution in [0.15, 0.2) is 42.5 Å². The van der Waals surface area contributed by atoms with Crippen LogP contribution in [-0.4, -0.2) is 90.7 Å². The van der Waals surface area contributed by atoms with Gasteiger partial charge in [0.1, 0.15) is 17.1 Å². The van der Waals surface area contributed by atoms with E-state index >= 15 is 0 Å². The molecular formula is C29H31N5O8. The molecule has 42 heavy (non-hydrogen) atoms. The van der Waals surface area contributed by atoms with E-state index < -0.39 is 17.9 Å². The minimum Gasteiger partial charge on any atom is -0.496 e. The summed E-state index contributed by atoms with van der Waals surface area (Å²) >= 11 is 0. The van der Waals surface area contributed by atoms with Crippen LogP contribution in [0.5, 0.6) is 5.75 Å². The van der Waals surface area contributed by atoms with Gasteiger partial charge in [-0.15, -0.1) is 0 Å². The van der Waals surface area contributed by atoms with Gasteiger partial charge in [0.15, 0.2) is 5.65 Å². The van der Waals surface area contributed by atoms with Crippen LogP contribution in [0.1, 0.15) is 19.4 Å². The van der Waals surface area contributed by atoms with Crippen LogP contribution < -0.4 is 14.5 Å². The van der Waals surface area contributed by atoms with Crippen molar-refractivity contribution in [3.8, 4) is 17.0 Å². The van der Waals surface area contributed by atoms with Gasteiger partial charge in [-0.05, 0) is 44.2 Å². The second-order valence-corrected chi connectivity index (χ2v) is 10.3. The molecular weight excluding hydrogens is 546 g/mol. The number of nitrogens with zero attached hydrogens (tertiary/aromatic N) is 5. The highest BCUT2D eigenvalue weighted by Crippen LogP contribution is 2.38. The van der Waals surface area contributed by atoms with Crippen LogP contribution >= 0.6 is 0 Å². The van der Waals surface area contributed by atoms with E-state index in [0.29, 0.717) is 62.4 Å². The van der Waals surface area contributed by atoms with E-state index in [2.05, 4.69) is 23.6 Å². The molecule has 5 heterocycles. The number of ether oxygens (including phenoxy) is 5. The summed E-state index contributed by atoms with van der Waals surface area (Å²) in [5.74, 6) is -3.14. The number of benzene rings is 1. The van der Waals surface area contributed by atoms with Crippen molar-refractivity contribution < 1.29 is 38.4 Å². The Morgan fingerprint density at radius 2 is 1.57 bits per heavy atom. The topological polar surface area (TPSA) is 146 Å². The maximum atomic E-state index is 12.1. The fourth-order valence-corrected chi connectivity index (χ4v) is 5.28. The Bertz CT molecular complexity index is 1540. The van der Waals surface area contributed by atoms with Gasteiger partial charge in [-0.25, -0.2) is 14.6 Å². The van der Waals surface area contributed by atoms with Gasteiger partial charge in [0.2, 0.25) is 5.95 Å². The van der Waals surface area contributed by atoms with Crippen molar-refractivity contribution in [2.75, 3.05) is 56.4 Å². The van der Waals surface area contributed by atoms with Crippen LogP contribution in [0.4, 0.5) is 11.8 Å². The highest BCUT2D eigenvalue weighted by Gasteiger charge is 2.43. The van der Waals surface area contributed by atoms with Gasteiger partial charge in [-0.2, -0.15) is 9.97 Å². The van der Waals surface area contributed by atoms with E-state index in [-0.39, 0.29) is 23.4 Å². The molecule has 0 bridgehead atoms. The lowest BCUT2D eigenvalue weighted by Crippen LogP contribution is -2.46. The largest absolute Gasteiger partial charge is 0.496 e. The second kappa shape index (κ2) is 11.2. The van der Waals surface area contributed by atoms with Gasteiger partial charge >= 0.3 is 17.9 Å². The zero-order valence-electron chi connectivity index (χ0n) is 23.5. The quantitative estimate of drug-likeness (QED) is 0.441. The Morgan fingerprint density at radius 3 is 2.21 bits per heavy atom. The van der Waals surface area contributed by atoms with Crippen molar-refractivity contribution in [2.24, 2.45) is 0 Å². The van der Waals surface area contributed by atoms with Gasteiger partial charge in [0.05, 0.1) is 56.7 Å². The first-order valence-corrected chi connectivity index (χ1v) is 13.7. The van der Waals surface area contributed by atoms with E-state index in [4.69, 9.17) is 38.6 Å². The summed E-state index contributed by atoms with van der Waals surface area (Å²) in [4.78, 5) is 43.3. The van der Waals surface area contributed by atoms with Crippen molar-refractivity contribution in [1.82, 2.24) is 15.0 Å². The van der Waals surface area contributed by atoms with Gasteiger partial charge < -0.3 is 38.6 Å². The predicted octanol–water partition coefficient (Wildman–Crippen LogP) is 1.91. The molecule has 13 nitrogen and oxygen atoms in total. The Balaban J connectivity index is 1.47. The van der Waals surface area contributed by atoms with E-state index in [1.165, 1.54) is 13.2 Å². The molecule has 3 aliphatic heterocycles. The molecule has 0 radical (unpaired) electrons. The number of morpholine rings is 2. The fraction of sp³-hybridized carbons (Fsp3) is 0.414. The number of aliphatic hydroxyl groups is 1. The van der Waals surface area contributed by atoms with Crippen LogP contribution in [0.3, 0.4) is 0 Å². The molecule has 220 valence electrons. The van der Waals surface area contributed by atoms with Crippen molar-refractivity contribution in [2.45, 2.75) is 31.9 Å². The minimum absolute atomic E-state index is 0.0804. The number of esters is 2. The third kappa shape index (κ3) is 5.22. The molecule has 0 spiro atoms. The first-order chi connectivity index (χ1) is 20.3. The number of methoxy groups -OCH3 is 1. The molecule has 0 unspecified atom stereocenters. The smallest absolute Gasteiger partial charge is 0.407 e. The highest BCUT2D eigenvalue weighted by atomic mass is 16.8. The molecule has 6 rings (SSSR count). The average Bonchev–Trinajstić information content (AvgIpc) is 3.13. The molecule has 3 aliphatic rings. The summed E-state index contributed by atoms with van der Waals surface area (Å²) < 4.78 is 26.8. The highest BCUT2D eigenvalue weighted by molar-refractivity contribution is 5.93. The number of fused-ring (bicyclic) bond motifs is 1. The van der Waals surface area contributed by atoms with Crippen molar-refractivity contribution >= 4 is 34.7 Å². The number of hydrogen-bond donors (Lipinski definition) is 1. The summed E-state index contributed by atoms with van der Waals surface area (Å²) in [6.45, 7) is 7.81. The zero-order valence-corrected chi connectivity index (χ0v) is 23.5.